The number of nitrogens with two attached hydrogens (primary N) is 1. The molecule has 0 saturated carbocycles. The summed E-state index contributed by atoms with van der Waals surface area (Å²) in [6.07, 6.45) is -0.0473. The third-order valence-corrected chi connectivity index (χ3v) is 3.10. The van der Waals surface area contributed by atoms with Crippen LogP contribution in [0.15, 0.2) is 30.3 Å². The van der Waals surface area contributed by atoms with E-state index in [0.717, 1.165) is 5.56 Å². The number of benzene rings is 1. The normalized spacial score (nSPS) is 14.0. The lowest BCUT2D eigenvalue weighted by atomic mass is 10.0. The predicted octanol–water partition coefficient (Wildman–Crippen LogP) is 1.77. The van der Waals surface area contributed by atoms with E-state index in [4.69, 9.17) is 24.7 Å². The van der Waals surface area contributed by atoms with E-state index in [2.05, 4.69) is 0 Å². The van der Waals surface area contributed by atoms with E-state index in [1.165, 1.54) is 0 Å². The third kappa shape index (κ3) is 8.14. The number of methoxy groups -OCH3 is 1. The van der Waals surface area contributed by atoms with E-state index in [1.807, 2.05) is 37.3 Å². The summed E-state index contributed by atoms with van der Waals surface area (Å²) < 4.78 is 21.3. The summed E-state index contributed by atoms with van der Waals surface area (Å²) in [6.45, 7) is 5.39. The second-order valence-corrected chi connectivity index (χ2v) is 4.73. The van der Waals surface area contributed by atoms with Gasteiger partial charge in [0, 0.05) is 7.11 Å². The van der Waals surface area contributed by atoms with Gasteiger partial charge < -0.3 is 24.7 Å². The summed E-state index contributed by atoms with van der Waals surface area (Å²) in [4.78, 5) is 0. The van der Waals surface area contributed by atoms with E-state index >= 15 is 0 Å². The van der Waals surface area contributed by atoms with E-state index in [-0.39, 0.29) is 12.1 Å². The largest absolute Gasteiger partial charge is 0.382 e. The average Bonchev–Trinajstić information content (AvgIpc) is 2.53. The molecule has 0 saturated heterocycles. The van der Waals surface area contributed by atoms with Crippen LogP contribution in [0.4, 0.5) is 0 Å². The summed E-state index contributed by atoms with van der Waals surface area (Å²) in [5, 5.41) is 0. The molecule has 1 aromatic rings. The van der Waals surface area contributed by atoms with E-state index < -0.39 is 0 Å². The molecule has 0 radical (unpaired) electrons. The molecule has 0 aliphatic carbocycles. The molecule has 0 heterocycles. The highest BCUT2D eigenvalue weighted by molar-refractivity contribution is 5.19. The van der Waals surface area contributed by atoms with Crippen molar-refractivity contribution in [2.45, 2.75) is 19.1 Å². The fraction of sp³-hybridized carbons (Fsp3) is 0.625. The molecule has 0 fully saturated rings. The van der Waals surface area contributed by atoms with Crippen molar-refractivity contribution in [1.82, 2.24) is 0 Å². The smallest absolute Gasteiger partial charge is 0.0740 e. The van der Waals surface area contributed by atoms with Crippen LogP contribution in [0.1, 0.15) is 18.5 Å². The molecule has 0 aliphatic rings. The van der Waals surface area contributed by atoms with Crippen molar-refractivity contribution in [3.05, 3.63) is 35.9 Å². The van der Waals surface area contributed by atoms with Crippen LogP contribution in [-0.4, -0.2) is 52.9 Å². The average molecular weight is 297 g/mol. The van der Waals surface area contributed by atoms with E-state index in [0.29, 0.717) is 39.6 Å². The van der Waals surface area contributed by atoms with Crippen molar-refractivity contribution in [2.75, 3.05) is 46.8 Å². The highest BCUT2D eigenvalue weighted by Gasteiger charge is 2.14. The first-order valence-corrected chi connectivity index (χ1v) is 7.32. The van der Waals surface area contributed by atoms with Crippen LogP contribution in [0.5, 0.6) is 0 Å². The lowest BCUT2D eigenvalue weighted by molar-refractivity contribution is -0.0177. The van der Waals surface area contributed by atoms with Crippen molar-refractivity contribution in [3.63, 3.8) is 0 Å². The van der Waals surface area contributed by atoms with Gasteiger partial charge in [-0.25, -0.2) is 0 Å². The van der Waals surface area contributed by atoms with Crippen molar-refractivity contribution in [1.29, 1.82) is 0 Å². The van der Waals surface area contributed by atoms with Crippen molar-refractivity contribution >= 4 is 0 Å². The van der Waals surface area contributed by atoms with Gasteiger partial charge in [-0.1, -0.05) is 30.3 Å². The standard InChI is InChI=1S/C16H27NO4/c1-14(16(17)15-6-4-3-5-7-15)21-13-12-20-11-10-19-9-8-18-2/h3-7,14,16H,8-13,17H2,1-2H3. The van der Waals surface area contributed by atoms with Crippen molar-refractivity contribution in [2.24, 2.45) is 5.73 Å². The molecule has 5 heteroatoms. The molecule has 0 bridgehead atoms. The van der Waals surface area contributed by atoms with Gasteiger partial charge >= 0.3 is 0 Å². The van der Waals surface area contributed by atoms with Gasteiger partial charge in [0.25, 0.3) is 0 Å². The van der Waals surface area contributed by atoms with Gasteiger partial charge in [-0.2, -0.15) is 0 Å². The van der Waals surface area contributed by atoms with Gasteiger partial charge in [0.2, 0.25) is 0 Å². The number of ether oxygens (including phenoxy) is 4. The summed E-state index contributed by atoms with van der Waals surface area (Å²) >= 11 is 0. The fourth-order valence-electron chi connectivity index (χ4n) is 1.81. The van der Waals surface area contributed by atoms with Crippen LogP contribution in [-0.2, 0) is 18.9 Å². The van der Waals surface area contributed by atoms with Gasteiger partial charge in [-0.15, -0.1) is 0 Å². The lowest BCUT2D eigenvalue weighted by Crippen LogP contribution is -2.27. The van der Waals surface area contributed by atoms with Gasteiger partial charge in [-0.3, -0.25) is 0 Å². The Hall–Kier alpha value is -0.980. The number of rotatable bonds is 12. The van der Waals surface area contributed by atoms with Crippen LogP contribution in [0.2, 0.25) is 0 Å². The molecular formula is C16H27NO4. The molecule has 2 atom stereocenters. The summed E-state index contributed by atoms with van der Waals surface area (Å²) in [5.74, 6) is 0. The molecule has 0 aromatic heterocycles. The first-order valence-electron chi connectivity index (χ1n) is 7.32. The van der Waals surface area contributed by atoms with Crippen LogP contribution in [0.25, 0.3) is 0 Å². The third-order valence-electron chi connectivity index (χ3n) is 3.10. The second-order valence-electron chi connectivity index (χ2n) is 4.73. The minimum atomic E-state index is -0.122. The SMILES string of the molecule is COCCOCCOCCOC(C)C(N)c1ccccc1. The zero-order chi connectivity index (χ0) is 15.3. The molecule has 0 aliphatic heterocycles. The topological polar surface area (TPSA) is 62.9 Å². The highest BCUT2D eigenvalue weighted by atomic mass is 16.6. The van der Waals surface area contributed by atoms with Gasteiger partial charge in [0.15, 0.2) is 0 Å². The lowest BCUT2D eigenvalue weighted by Gasteiger charge is -2.20. The maximum Gasteiger partial charge on any atom is 0.0740 e. The minimum Gasteiger partial charge on any atom is -0.382 e. The number of hydrogen-bond donors (Lipinski definition) is 1. The molecule has 2 N–H and O–H groups in total. The monoisotopic (exact) mass is 297 g/mol. The second kappa shape index (κ2) is 11.7. The molecule has 2 unspecified atom stereocenters. The summed E-state index contributed by atoms with van der Waals surface area (Å²) in [5.41, 5.74) is 7.23. The molecule has 1 rings (SSSR count). The Morgan fingerprint density at radius 3 is 2.10 bits per heavy atom. The zero-order valence-electron chi connectivity index (χ0n) is 13.0. The van der Waals surface area contributed by atoms with Crippen LogP contribution >= 0.6 is 0 Å². The molecule has 0 spiro atoms. The molecule has 21 heavy (non-hydrogen) atoms. The Bertz CT molecular complexity index is 347. The quantitative estimate of drug-likeness (QED) is 0.596. The van der Waals surface area contributed by atoms with Crippen molar-refractivity contribution in [3.8, 4) is 0 Å². The molecule has 0 amide bonds. The zero-order valence-corrected chi connectivity index (χ0v) is 13.0. The van der Waals surface area contributed by atoms with Crippen LogP contribution in [0, 0.1) is 0 Å². The Balaban J connectivity index is 2.02. The van der Waals surface area contributed by atoms with Gasteiger partial charge in [-0.05, 0) is 12.5 Å². The number of hydrogen-bond acceptors (Lipinski definition) is 5. The Morgan fingerprint density at radius 2 is 1.48 bits per heavy atom. The molecule has 1 aromatic carbocycles. The molecular weight excluding hydrogens is 270 g/mol. The Kier molecular flexibility index (Phi) is 10.0. The van der Waals surface area contributed by atoms with Crippen LogP contribution < -0.4 is 5.73 Å². The summed E-state index contributed by atoms with van der Waals surface area (Å²) in [6, 6.07) is 9.84. The maximum atomic E-state index is 6.15. The first kappa shape index (κ1) is 18.1. The van der Waals surface area contributed by atoms with Gasteiger partial charge in [0.1, 0.15) is 0 Å². The fourth-order valence-corrected chi connectivity index (χ4v) is 1.81. The molecule has 5 nitrogen and oxygen atoms in total. The maximum absolute atomic E-state index is 6.15. The van der Waals surface area contributed by atoms with Crippen molar-refractivity contribution < 1.29 is 18.9 Å². The first-order chi connectivity index (χ1) is 10.3. The Morgan fingerprint density at radius 1 is 0.905 bits per heavy atom. The van der Waals surface area contributed by atoms with E-state index in [1.54, 1.807) is 7.11 Å². The van der Waals surface area contributed by atoms with Gasteiger partial charge in [0.05, 0.1) is 51.8 Å². The predicted molar refractivity (Wildman–Crippen MR) is 82.3 cm³/mol. The molecule has 120 valence electrons. The van der Waals surface area contributed by atoms with Crippen LogP contribution in [0.3, 0.4) is 0 Å². The minimum absolute atomic E-state index is 0.0473. The Labute approximate surface area is 127 Å². The van der Waals surface area contributed by atoms with E-state index in [9.17, 15) is 0 Å². The summed E-state index contributed by atoms with van der Waals surface area (Å²) in [7, 11) is 1.65. The highest BCUT2D eigenvalue weighted by Crippen LogP contribution is 2.15.